The smallest absolute Gasteiger partial charge is 0.224 e. The molecule has 2 heterocycles. The van der Waals surface area contributed by atoms with Crippen molar-refractivity contribution in [3.8, 4) is 11.6 Å². The van der Waals surface area contributed by atoms with Gasteiger partial charge in [-0.05, 0) is 42.7 Å². The predicted octanol–water partition coefficient (Wildman–Crippen LogP) is 3.94. The quantitative estimate of drug-likeness (QED) is 0.672. The first-order valence-corrected chi connectivity index (χ1v) is 9.99. The second-order valence-corrected chi connectivity index (χ2v) is 7.24. The molecule has 1 aromatic heterocycles. The maximum absolute atomic E-state index is 13.0. The second kappa shape index (κ2) is 9.35. The molecule has 154 valence electrons. The van der Waals surface area contributed by atoms with Crippen molar-refractivity contribution in [2.75, 3.05) is 18.0 Å². The number of carbonyl (C=O) groups excluding carboxylic acids is 1. The van der Waals surface area contributed by atoms with Gasteiger partial charge in [0.05, 0.1) is 0 Å². The van der Waals surface area contributed by atoms with Crippen molar-refractivity contribution in [1.82, 2.24) is 15.3 Å². The molecular formula is C23H23FN4O2. The van der Waals surface area contributed by atoms with Gasteiger partial charge in [0.25, 0.3) is 0 Å². The van der Waals surface area contributed by atoms with Crippen LogP contribution in [0, 0.1) is 11.7 Å². The van der Waals surface area contributed by atoms with E-state index in [0.29, 0.717) is 12.4 Å². The van der Waals surface area contributed by atoms with Crippen LogP contribution in [0.5, 0.6) is 11.6 Å². The van der Waals surface area contributed by atoms with Crippen LogP contribution < -0.4 is 15.0 Å². The Morgan fingerprint density at radius 3 is 2.53 bits per heavy atom. The summed E-state index contributed by atoms with van der Waals surface area (Å²) in [5, 5.41) is 2.95. The second-order valence-electron chi connectivity index (χ2n) is 7.24. The van der Waals surface area contributed by atoms with E-state index in [1.807, 2.05) is 36.4 Å². The lowest BCUT2D eigenvalue weighted by Gasteiger charge is -2.32. The normalized spacial score (nSPS) is 14.4. The highest BCUT2D eigenvalue weighted by molar-refractivity contribution is 5.79. The SMILES string of the molecule is O=C(NCc1ccc(F)cc1)C1CCN(c2cc(Oc3ccccc3)ncn2)CC1. The molecule has 1 saturated heterocycles. The number of piperidine rings is 1. The van der Waals surface area contributed by atoms with Crippen molar-refractivity contribution < 1.29 is 13.9 Å². The zero-order valence-corrected chi connectivity index (χ0v) is 16.5. The Hall–Kier alpha value is -3.48. The van der Waals surface area contributed by atoms with E-state index in [1.54, 1.807) is 12.1 Å². The van der Waals surface area contributed by atoms with Gasteiger partial charge in [-0.2, -0.15) is 0 Å². The van der Waals surface area contributed by atoms with Crippen LogP contribution in [0.15, 0.2) is 67.0 Å². The molecule has 1 fully saturated rings. The Bertz CT molecular complexity index is 974. The molecule has 0 bridgehead atoms. The molecule has 1 N–H and O–H groups in total. The number of rotatable bonds is 6. The first kappa shape index (κ1) is 19.8. The van der Waals surface area contributed by atoms with Crippen molar-refractivity contribution in [2.45, 2.75) is 19.4 Å². The summed E-state index contributed by atoms with van der Waals surface area (Å²) < 4.78 is 18.8. The minimum Gasteiger partial charge on any atom is -0.439 e. The Kier molecular flexibility index (Phi) is 6.17. The summed E-state index contributed by atoms with van der Waals surface area (Å²) in [5.74, 6) is 1.72. The molecule has 30 heavy (non-hydrogen) atoms. The van der Waals surface area contributed by atoms with Crippen molar-refractivity contribution >= 4 is 11.7 Å². The Morgan fingerprint density at radius 1 is 1.07 bits per heavy atom. The topological polar surface area (TPSA) is 67.4 Å². The number of ether oxygens (including phenoxy) is 1. The monoisotopic (exact) mass is 406 g/mol. The van der Waals surface area contributed by atoms with Crippen molar-refractivity contribution in [1.29, 1.82) is 0 Å². The molecule has 4 rings (SSSR count). The van der Waals surface area contributed by atoms with Crippen LogP contribution in [-0.4, -0.2) is 29.0 Å². The van der Waals surface area contributed by atoms with E-state index in [1.165, 1.54) is 18.5 Å². The average molecular weight is 406 g/mol. The third-order valence-electron chi connectivity index (χ3n) is 5.16. The highest BCUT2D eigenvalue weighted by atomic mass is 19.1. The molecule has 0 unspecified atom stereocenters. The van der Waals surface area contributed by atoms with E-state index in [2.05, 4.69) is 20.2 Å². The summed E-state index contributed by atoms with van der Waals surface area (Å²) in [7, 11) is 0. The van der Waals surface area contributed by atoms with Gasteiger partial charge in [-0.25, -0.2) is 14.4 Å². The number of anilines is 1. The number of hydrogen-bond donors (Lipinski definition) is 1. The van der Waals surface area contributed by atoms with Crippen LogP contribution in [0.3, 0.4) is 0 Å². The molecule has 1 aliphatic rings. The molecule has 6 nitrogen and oxygen atoms in total. The lowest BCUT2D eigenvalue weighted by Crippen LogP contribution is -2.40. The largest absolute Gasteiger partial charge is 0.439 e. The summed E-state index contributed by atoms with van der Waals surface area (Å²) in [6, 6.07) is 17.5. The zero-order valence-electron chi connectivity index (χ0n) is 16.5. The van der Waals surface area contributed by atoms with Gasteiger partial charge in [0.1, 0.15) is 23.7 Å². The van der Waals surface area contributed by atoms with Crippen LogP contribution >= 0.6 is 0 Å². The summed E-state index contributed by atoms with van der Waals surface area (Å²) in [4.78, 5) is 23.2. The molecule has 2 aromatic carbocycles. The molecule has 1 amide bonds. The fourth-order valence-electron chi connectivity index (χ4n) is 3.47. The lowest BCUT2D eigenvalue weighted by molar-refractivity contribution is -0.125. The van der Waals surface area contributed by atoms with Gasteiger partial charge in [-0.3, -0.25) is 4.79 Å². The Labute approximate surface area is 174 Å². The molecule has 0 radical (unpaired) electrons. The molecular weight excluding hydrogens is 383 g/mol. The number of benzene rings is 2. The van der Waals surface area contributed by atoms with E-state index in [9.17, 15) is 9.18 Å². The number of hydrogen-bond acceptors (Lipinski definition) is 5. The molecule has 0 atom stereocenters. The fourth-order valence-corrected chi connectivity index (χ4v) is 3.47. The van der Waals surface area contributed by atoms with E-state index in [4.69, 9.17) is 4.74 Å². The Balaban J connectivity index is 1.29. The third-order valence-corrected chi connectivity index (χ3v) is 5.16. The van der Waals surface area contributed by atoms with Crippen LogP contribution in [0.4, 0.5) is 10.2 Å². The van der Waals surface area contributed by atoms with E-state index < -0.39 is 0 Å². The van der Waals surface area contributed by atoms with Gasteiger partial charge in [0.15, 0.2) is 0 Å². The van der Waals surface area contributed by atoms with Crippen LogP contribution in [0.2, 0.25) is 0 Å². The molecule has 3 aromatic rings. The summed E-state index contributed by atoms with van der Waals surface area (Å²) in [6.07, 6.45) is 2.98. The first-order valence-electron chi connectivity index (χ1n) is 9.99. The van der Waals surface area contributed by atoms with E-state index in [0.717, 1.165) is 43.1 Å². The number of nitrogens with zero attached hydrogens (tertiary/aromatic N) is 3. The maximum Gasteiger partial charge on any atom is 0.224 e. The highest BCUT2D eigenvalue weighted by Gasteiger charge is 2.25. The van der Waals surface area contributed by atoms with Crippen LogP contribution in [0.25, 0.3) is 0 Å². The number of nitrogens with one attached hydrogen (secondary N) is 1. The van der Waals surface area contributed by atoms with Crippen LogP contribution in [-0.2, 0) is 11.3 Å². The summed E-state index contributed by atoms with van der Waals surface area (Å²) in [5.41, 5.74) is 0.883. The van der Waals surface area contributed by atoms with E-state index in [-0.39, 0.29) is 17.6 Å². The summed E-state index contributed by atoms with van der Waals surface area (Å²) >= 11 is 0. The zero-order chi connectivity index (χ0) is 20.8. The number of aromatic nitrogens is 2. The van der Waals surface area contributed by atoms with E-state index >= 15 is 0 Å². The van der Waals surface area contributed by atoms with Gasteiger partial charge in [0, 0.05) is 31.6 Å². The van der Waals surface area contributed by atoms with Gasteiger partial charge in [-0.15, -0.1) is 0 Å². The van der Waals surface area contributed by atoms with Gasteiger partial charge >= 0.3 is 0 Å². The molecule has 1 aliphatic heterocycles. The van der Waals surface area contributed by atoms with Gasteiger partial charge in [-0.1, -0.05) is 30.3 Å². The lowest BCUT2D eigenvalue weighted by atomic mass is 9.96. The standard InChI is InChI=1S/C23H23FN4O2/c24-19-8-6-17(7-9-19)15-25-23(29)18-10-12-28(13-11-18)21-14-22(27-16-26-21)30-20-4-2-1-3-5-20/h1-9,14,16,18H,10-13,15H2,(H,25,29). The number of halogens is 1. The van der Waals surface area contributed by atoms with Crippen molar-refractivity contribution in [3.05, 3.63) is 78.4 Å². The Morgan fingerprint density at radius 2 is 1.80 bits per heavy atom. The molecule has 0 saturated carbocycles. The summed E-state index contributed by atoms with van der Waals surface area (Å²) in [6.45, 7) is 1.87. The number of para-hydroxylation sites is 1. The first-order chi connectivity index (χ1) is 14.7. The molecule has 0 spiro atoms. The maximum atomic E-state index is 13.0. The average Bonchev–Trinajstić information content (AvgIpc) is 2.79. The number of amides is 1. The predicted molar refractivity (Wildman–Crippen MR) is 112 cm³/mol. The fraction of sp³-hybridized carbons (Fsp3) is 0.261. The molecule has 7 heteroatoms. The third kappa shape index (κ3) is 5.11. The van der Waals surface area contributed by atoms with Crippen molar-refractivity contribution in [3.63, 3.8) is 0 Å². The van der Waals surface area contributed by atoms with Gasteiger partial charge in [0.2, 0.25) is 11.8 Å². The van der Waals surface area contributed by atoms with Gasteiger partial charge < -0.3 is 15.0 Å². The van der Waals surface area contributed by atoms with Crippen molar-refractivity contribution in [2.24, 2.45) is 5.92 Å². The van der Waals surface area contributed by atoms with Crippen LogP contribution in [0.1, 0.15) is 18.4 Å². The highest BCUT2D eigenvalue weighted by Crippen LogP contribution is 2.25. The number of carbonyl (C=O) groups is 1. The minimum absolute atomic E-state index is 0.0368. The molecule has 0 aliphatic carbocycles. The minimum atomic E-state index is -0.278.